The lowest BCUT2D eigenvalue weighted by Gasteiger charge is -2.38. The van der Waals surface area contributed by atoms with Crippen molar-refractivity contribution in [1.82, 2.24) is 9.80 Å². The predicted molar refractivity (Wildman–Crippen MR) is 134 cm³/mol. The Morgan fingerprint density at radius 3 is 2.00 bits per heavy atom. The van der Waals surface area contributed by atoms with Gasteiger partial charge >= 0.3 is 0 Å². The zero-order valence-electron chi connectivity index (χ0n) is 19.4. The summed E-state index contributed by atoms with van der Waals surface area (Å²) in [7, 11) is 3.68. The predicted octanol–water partition coefficient (Wildman–Crippen LogP) is 4.95. The SMILES string of the molecule is CN(C)C(=O)C(CCN1CC=C(c2ccccc2O)CC1)(c1ccccc1)c1ccccc1. The van der Waals surface area contributed by atoms with Gasteiger partial charge in [0.1, 0.15) is 11.2 Å². The number of hydrogen-bond donors (Lipinski definition) is 1. The van der Waals surface area contributed by atoms with E-state index >= 15 is 0 Å². The Labute approximate surface area is 196 Å². The van der Waals surface area contributed by atoms with Crippen molar-refractivity contribution in [3.8, 4) is 5.75 Å². The van der Waals surface area contributed by atoms with Crippen molar-refractivity contribution >= 4 is 11.5 Å². The van der Waals surface area contributed by atoms with Gasteiger partial charge < -0.3 is 10.0 Å². The van der Waals surface area contributed by atoms with Gasteiger partial charge in [-0.1, -0.05) is 84.9 Å². The minimum Gasteiger partial charge on any atom is -0.507 e. The molecule has 3 aromatic rings. The van der Waals surface area contributed by atoms with Crippen LogP contribution < -0.4 is 0 Å². The number of likely N-dealkylation sites (N-methyl/N-ethyl adjacent to an activating group) is 1. The average molecular weight is 441 g/mol. The minimum absolute atomic E-state index is 0.0994. The third-order valence-electron chi connectivity index (χ3n) is 6.65. The molecule has 4 rings (SSSR count). The molecule has 0 bridgehead atoms. The monoisotopic (exact) mass is 440 g/mol. The lowest BCUT2D eigenvalue weighted by atomic mass is 9.70. The summed E-state index contributed by atoms with van der Waals surface area (Å²) in [6.45, 7) is 2.50. The topological polar surface area (TPSA) is 43.8 Å². The second-order valence-electron chi connectivity index (χ2n) is 8.88. The van der Waals surface area contributed by atoms with Gasteiger partial charge in [0.2, 0.25) is 5.91 Å². The van der Waals surface area contributed by atoms with Crippen molar-refractivity contribution in [3.05, 3.63) is 108 Å². The number of para-hydroxylation sites is 1. The number of carbonyl (C=O) groups excluding carboxylic acids is 1. The van der Waals surface area contributed by atoms with Crippen molar-refractivity contribution in [2.75, 3.05) is 33.7 Å². The summed E-state index contributed by atoms with van der Waals surface area (Å²) in [6, 6.07) is 27.8. The molecule has 33 heavy (non-hydrogen) atoms. The molecule has 4 nitrogen and oxygen atoms in total. The molecule has 1 aliphatic heterocycles. The fourth-order valence-electron chi connectivity index (χ4n) is 4.87. The summed E-state index contributed by atoms with van der Waals surface area (Å²) in [5.74, 6) is 0.434. The van der Waals surface area contributed by atoms with E-state index in [1.165, 1.54) is 5.57 Å². The van der Waals surface area contributed by atoms with Crippen LogP contribution in [0.5, 0.6) is 5.75 Å². The molecular weight excluding hydrogens is 408 g/mol. The van der Waals surface area contributed by atoms with E-state index in [9.17, 15) is 9.90 Å². The molecule has 3 aromatic carbocycles. The smallest absolute Gasteiger partial charge is 0.237 e. The number of aromatic hydroxyl groups is 1. The largest absolute Gasteiger partial charge is 0.507 e. The quantitative estimate of drug-likeness (QED) is 0.566. The van der Waals surface area contributed by atoms with Crippen LogP contribution in [0.15, 0.2) is 91.0 Å². The Balaban J connectivity index is 1.62. The Bertz CT molecular complexity index is 1070. The number of carbonyl (C=O) groups is 1. The van der Waals surface area contributed by atoms with Gasteiger partial charge in [0.15, 0.2) is 0 Å². The van der Waals surface area contributed by atoms with Gasteiger partial charge in [0, 0.05) is 39.3 Å². The molecule has 1 heterocycles. The molecule has 1 amide bonds. The van der Waals surface area contributed by atoms with E-state index in [-0.39, 0.29) is 5.91 Å². The van der Waals surface area contributed by atoms with E-state index in [2.05, 4.69) is 35.2 Å². The van der Waals surface area contributed by atoms with Crippen molar-refractivity contribution < 1.29 is 9.90 Å². The number of hydrogen-bond acceptors (Lipinski definition) is 3. The van der Waals surface area contributed by atoms with Crippen LogP contribution >= 0.6 is 0 Å². The summed E-state index contributed by atoms with van der Waals surface area (Å²) in [5.41, 5.74) is 3.41. The number of nitrogens with zero attached hydrogens (tertiary/aromatic N) is 2. The van der Waals surface area contributed by atoms with Gasteiger partial charge in [-0.15, -0.1) is 0 Å². The maximum absolute atomic E-state index is 13.8. The maximum atomic E-state index is 13.8. The first-order valence-corrected chi connectivity index (χ1v) is 11.5. The zero-order chi connectivity index (χ0) is 23.3. The zero-order valence-corrected chi connectivity index (χ0v) is 19.4. The highest BCUT2D eigenvalue weighted by Gasteiger charge is 2.43. The van der Waals surface area contributed by atoms with E-state index in [0.717, 1.165) is 42.7 Å². The molecule has 0 aromatic heterocycles. The van der Waals surface area contributed by atoms with Crippen molar-refractivity contribution in [2.24, 2.45) is 0 Å². The standard InChI is InChI=1S/C29H32N2O2/c1-30(2)28(33)29(24-11-5-3-6-12-24,25-13-7-4-8-14-25)19-22-31-20-17-23(18-21-31)26-15-9-10-16-27(26)32/h3-17,32H,18-22H2,1-2H3. The molecule has 0 unspecified atom stereocenters. The molecule has 0 aliphatic carbocycles. The normalized spacial score (nSPS) is 14.5. The summed E-state index contributed by atoms with van der Waals surface area (Å²) >= 11 is 0. The number of rotatable bonds is 7. The minimum atomic E-state index is -0.742. The first kappa shape index (κ1) is 22.8. The highest BCUT2D eigenvalue weighted by Crippen LogP contribution is 2.38. The molecule has 1 aliphatic rings. The molecule has 1 N–H and O–H groups in total. The van der Waals surface area contributed by atoms with Crippen LogP contribution in [-0.4, -0.2) is 54.5 Å². The van der Waals surface area contributed by atoms with Crippen LogP contribution in [0, 0.1) is 0 Å². The molecular formula is C29H32N2O2. The second-order valence-corrected chi connectivity index (χ2v) is 8.88. The summed E-state index contributed by atoms with van der Waals surface area (Å²) < 4.78 is 0. The van der Waals surface area contributed by atoms with Gasteiger partial charge in [0.25, 0.3) is 0 Å². The Kier molecular flexibility index (Phi) is 6.95. The summed E-state index contributed by atoms with van der Waals surface area (Å²) in [4.78, 5) is 17.9. The highest BCUT2D eigenvalue weighted by molar-refractivity contribution is 5.92. The molecule has 4 heteroatoms. The molecule has 0 saturated heterocycles. The fourth-order valence-corrected chi connectivity index (χ4v) is 4.87. The van der Waals surface area contributed by atoms with Crippen molar-refractivity contribution in [3.63, 3.8) is 0 Å². The lowest BCUT2D eigenvalue weighted by Crippen LogP contribution is -2.47. The number of benzene rings is 3. The fraction of sp³-hybridized carbons (Fsp3) is 0.276. The van der Waals surface area contributed by atoms with Crippen molar-refractivity contribution in [2.45, 2.75) is 18.3 Å². The Hall–Kier alpha value is -3.37. The first-order valence-electron chi connectivity index (χ1n) is 11.5. The molecule has 0 radical (unpaired) electrons. The van der Waals surface area contributed by atoms with E-state index in [4.69, 9.17) is 0 Å². The second kappa shape index (κ2) is 10.1. The van der Waals surface area contributed by atoms with Gasteiger partial charge in [-0.3, -0.25) is 9.69 Å². The molecule has 0 atom stereocenters. The summed E-state index contributed by atoms with van der Waals surface area (Å²) in [5, 5.41) is 10.2. The molecule has 0 saturated carbocycles. The van der Waals surface area contributed by atoms with Gasteiger partial charge in [-0.25, -0.2) is 0 Å². The van der Waals surface area contributed by atoms with E-state index < -0.39 is 5.41 Å². The Morgan fingerprint density at radius 1 is 0.909 bits per heavy atom. The van der Waals surface area contributed by atoms with Gasteiger partial charge in [-0.2, -0.15) is 0 Å². The van der Waals surface area contributed by atoms with E-state index in [0.29, 0.717) is 12.2 Å². The number of phenols is 1. The third kappa shape index (κ3) is 4.71. The molecule has 170 valence electrons. The summed E-state index contributed by atoms with van der Waals surface area (Å²) in [6.07, 6.45) is 3.78. The van der Waals surface area contributed by atoms with E-state index in [1.807, 2.05) is 68.7 Å². The third-order valence-corrected chi connectivity index (χ3v) is 6.65. The number of phenolic OH excluding ortho intramolecular Hbond substituents is 1. The molecule has 0 fully saturated rings. The Morgan fingerprint density at radius 2 is 1.48 bits per heavy atom. The van der Waals surface area contributed by atoms with Crippen LogP contribution in [0.1, 0.15) is 29.5 Å². The van der Waals surface area contributed by atoms with Crippen LogP contribution in [0.2, 0.25) is 0 Å². The van der Waals surface area contributed by atoms with Crippen LogP contribution in [0.25, 0.3) is 5.57 Å². The molecule has 0 spiro atoms. The number of amides is 1. The lowest BCUT2D eigenvalue weighted by molar-refractivity contribution is -0.133. The maximum Gasteiger partial charge on any atom is 0.237 e. The van der Waals surface area contributed by atoms with Crippen LogP contribution in [0.3, 0.4) is 0 Å². The van der Waals surface area contributed by atoms with E-state index in [1.54, 1.807) is 11.0 Å². The van der Waals surface area contributed by atoms with Crippen molar-refractivity contribution in [1.29, 1.82) is 0 Å². The van der Waals surface area contributed by atoms with Gasteiger partial charge in [0.05, 0.1) is 0 Å². The first-order chi connectivity index (χ1) is 16.0. The van der Waals surface area contributed by atoms with Gasteiger partial charge in [-0.05, 0) is 35.6 Å². The van der Waals surface area contributed by atoms with Crippen LogP contribution in [-0.2, 0) is 10.2 Å². The van der Waals surface area contributed by atoms with Crippen LogP contribution in [0.4, 0.5) is 0 Å². The highest BCUT2D eigenvalue weighted by atomic mass is 16.3. The average Bonchev–Trinajstić information content (AvgIpc) is 2.86.